The van der Waals surface area contributed by atoms with Crippen molar-refractivity contribution in [2.75, 3.05) is 11.9 Å². The Morgan fingerprint density at radius 1 is 1.13 bits per heavy atom. The lowest BCUT2D eigenvalue weighted by Gasteiger charge is -2.29. The van der Waals surface area contributed by atoms with Crippen LogP contribution >= 0.6 is 11.3 Å². The summed E-state index contributed by atoms with van der Waals surface area (Å²) in [6.07, 6.45) is 0.620. The molecular weight excluding hydrogens is 420 g/mol. The van der Waals surface area contributed by atoms with Crippen molar-refractivity contribution in [2.24, 2.45) is 0 Å². The summed E-state index contributed by atoms with van der Waals surface area (Å²) in [6.45, 7) is 2.11. The highest BCUT2D eigenvalue weighted by Crippen LogP contribution is 2.32. The SMILES string of the molecule is C[C@H](Cc1cccs1)N(Cc1ccccc1)S(=O)(=O)c1ccc2c(c1)NC(=O)CO2. The van der Waals surface area contributed by atoms with Gasteiger partial charge in [-0.2, -0.15) is 4.31 Å². The highest BCUT2D eigenvalue weighted by Gasteiger charge is 2.31. The van der Waals surface area contributed by atoms with E-state index in [4.69, 9.17) is 4.74 Å². The van der Waals surface area contributed by atoms with Crippen LogP contribution < -0.4 is 10.1 Å². The van der Waals surface area contributed by atoms with E-state index in [0.717, 1.165) is 10.4 Å². The summed E-state index contributed by atoms with van der Waals surface area (Å²) in [5.74, 6) is 0.166. The van der Waals surface area contributed by atoms with Crippen LogP contribution in [-0.4, -0.2) is 31.3 Å². The molecule has 8 heteroatoms. The summed E-state index contributed by atoms with van der Waals surface area (Å²) in [5, 5.41) is 4.67. The van der Waals surface area contributed by atoms with E-state index >= 15 is 0 Å². The van der Waals surface area contributed by atoms with Gasteiger partial charge in [-0.25, -0.2) is 8.42 Å². The average molecular weight is 443 g/mol. The Morgan fingerprint density at radius 3 is 2.67 bits per heavy atom. The number of sulfonamides is 1. The highest BCUT2D eigenvalue weighted by molar-refractivity contribution is 7.89. The van der Waals surface area contributed by atoms with Gasteiger partial charge in [0.25, 0.3) is 5.91 Å². The van der Waals surface area contributed by atoms with Crippen molar-refractivity contribution in [3.8, 4) is 5.75 Å². The molecule has 1 amide bonds. The van der Waals surface area contributed by atoms with Crippen LogP contribution in [0.5, 0.6) is 5.75 Å². The average Bonchev–Trinajstić information content (AvgIpc) is 3.25. The number of anilines is 1. The number of fused-ring (bicyclic) bond motifs is 1. The third-order valence-electron chi connectivity index (χ3n) is 4.94. The van der Waals surface area contributed by atoms with Crippen LogP contribution in [-0.2, 0) is 27.8 Å². The maximum Gasteiger partial charge on any atom is 0.262 e. The first kappa shape index (κ1) is 20.6. The summed E-state index contributed by atoms with van der Waals surface area (Å²) >= 11 is 1.61. The van der Waals surface area contributed by atoms with Gasteiger partial charge in [-0.3, -0.25) is 4.79 Å². The minimum Gasteiger partial charge on any atom is -0.482 e. The molecule has 30 heavy (non-hydrogen) atoms. The summed E-state index contributed by atoms with van der Waals surface area (Å²) in [7, 11) is -3.82. The molecule has 0 spiro atoms. The number of benzene rings is 2. The lowest BCUT2D eigenvalue weighted by atomic mass is 10.1. The molecule has 1 aliphatic rings. The molecule has 3 aromatic rings. The molecule has 2 aromatic carbocycles. The zero-order valence-corrected chi connectivity index (χ0v) is 18.1. The van der Waals surface area contributed by atoms with Crippen molar-refractivity contribution in [3.63, 3.8) is 0 Å². The van der Waals surface area contributed by atoms with Gasteiger partial charge in [0.1, 0.15) is 5.75 Å². The number of hydrogen-bond acceptors (Lipinski definition) is 5. The minimum absolute atomic E-state index is 0.0723. The molecule has 0 aliphatic carbocycles. The van der Waals surface area contributed by atoms with Gasteiger partial charge < -0.3 is 10.1 Å². The fraction of sp³-hybridized carbons (Fsp3) is 0.227. The lowest BCUT2D eigenvalue weighted by molar-refractivity contribution is -0.118. The number of amides is 1. The van der Waals surface area contributed by atoms with E-state index in [0.29, 0.717) is 17.9 Å². The summed E-state index contributed by atoms with van der Waals surface area (Å²) < 4.78 is 34.2. The van der Waals surface area contributed by atoms with Crippen LogP contribution in [0.2, 0.25) is 0 Å². The Balaban J connectivity index is 1.69. The monoisotopic (exact) mass is 442 g/mol. The summed E-state index contributed by atoms with van der Waals surface area (Å²) in [6, 6.07) is 17.9. The van der Waals surface area contributed by atoms with Crippen molar-refractivity contribution in [2.45, 2.75) is 30.8 Å². The third-order valence-corrected chi connectivity index (χ3v) is 7.79. The van der Waals surface area contributed by atoms with E-state index in [1.807, 2.05) is 54.8 Å². The number of hydrogen-bond donors (Lipinski definition) is 1. The lowest BCUT2D eigenvalue weighted by Crippen LogP contribution is -2.39. The van der Waals surface area contributed by atoms with Crippen LogP contribution in [0.15, 0.2) is 70.9 Å². The molecule has 1 aliphatic heterocycles. The van der Waals surface area contributed by atoms with Crippen LogP contribution in [0.4, 0.5) is 5.69 Å². The van der Waals surface area contributed by atoms with Gasteiger partial charge in [0.15, 0.2) is 6.61 Å². The van der Waals surface area contributed by atoms with Gasteiger partial charge in [0.2, 0.25) is 10.0 Å². The molecule has 0 bridgehead atoms. The van der Waals surface area contributed by atoms with E-state index in [1.54, 1.807) is 17.4 Å². The van der Waals surface area contributed by atoms with E-state index in [9.17, 15) is 13.2 Å². The van der Waals surface area contributed by atoms with E-state index in [-0.39, 0.29) is 30.0 Å². The Labute approximate surface area is 180 Å². The van der Waals surface area contributed by atoms with Crippen LogP contribution in [0.25, 0.3) is 0 Å². The topological polar surface area (TPSA) is 75.7 Å². The molecule has 6 nitrogen and oxygen atoms in total. The molecule has 0 unspecified atom stereocenters. The first-order chi connectivity index (χ1) is 14.4. The third kappa shape index (κ3) is 4.40. The molecule has 0 radical (unpaired) electrons. The summed E-state index contributed by atoms with van der Waals surface area (Å²) in [4.78, 5) is 12.9. The number of nitrogens with zero attached hydrogens (tertiary/aromatic N) is 1. The number of nitrogens with one attached hydrogen (secondary N) is 1. The Hall–Kier alpha value is -2.68. The zero-order chi connectivity index (χ0) is 21.1. The quantitative estimate of drug-likeness (QED) is 0.602. The van der Waals surface area contributed by atoms with Crippen LogP contribution in [0.1, 0.15) is 17.4 Å². The van der Waals surface area contributed by atoms with Crippen molar-refractivity contribution in [1.29, 1.82) is 0 Å². The molecule has 0 saturated heterocycles. The minimum atomic E-state index is -3.82. The van der Waals surface area contributed by atoms with Crippen LogP contribution in [0, 0.1) is 0 Å². The zero-order valence-electron chi connectivity index (χ0n) is 16.4. The van der Waals surface area contributed by atoms with Gasteiger partial charge in [-0.05, 0) is 48.6 Å². The van der Waals surface area contributed by atoms with E-state index in [2.05, 4.69) is 5.32 Å². The smallest absolute Gasteiger partial charge is 0.262 e. The Bertz CT molecular complexity index is 1130. The van der Waals surface area contributed by atoms with Gasteiger partial charge in [0.05, 0.1) is 10.6 Å². The molecule has 1 aromatic heterocycles. The molecule has 0 fully saturated rings. The molecule has 4 rings (SSSR count). The number of rotatable bonds is 7. The fourth-order valence-corrected chi connectivity index (χ4v) is 5.89. The largest absolute Gasteiger partial charge is 0.482 e. The first-order valence-corrected chi connectivity index (χ1v) is 11.9. The number of carbonyl (C=O) groups excluding carboxylic acids is 1. The van der Waals surface area contributed by atoms with Gasteiger partial charge in [0, 0.05) is 17.5 Å². The van der Waals surface area contributed by atoms with E-state index < -0.39 is 10.0 Å². The Kier molecular flexibility index (Phi) is 5.90. The maximum atomic E-state index is 13.6. The van der Waals surface area contributed by atoms with Crippen molar-refractivity contribution >= 4 is 33.0 Å². The molecule has 2 heterocycles. The molecule has 1 atom stereocenters. The molecule has 1 N–H and O–H groups in total. The maximum absolute atomic E-state index is 13.6. The van der Waals surface area contributed by atoms with Crippen molar-refractivity contribution in [1.82, 2.24) is 4.31 Å². The van der Waals surface area contributed by atoms with Crippen molar-refractivity contribution < 1.29 is 17.9 Å². The number of thiophene rings is 1. The Morgan fingerprint density at radius 2 is 1.93 bits per heavy atom. The summed E-state index contributed by atoms with van der Waals surface area (Å²) in [5.41, 5.74) is 1.28. The standard InChI is InChI=1S/C22H22N2O4S2/c1-16(12-18-8-5-11-29-18)24(14-17-6-3-2-4-7-17)30(26,27)19-9-10-21-20(13-19)23-22(25)15-28-21/h2-11,13,16H,12,14-15H2,1H3,(H,23,25)/t16-/m1/s1. The van der Waals surface area contributed by atoms with Gasteiger partial charge in [-0.1, -0.05) is 36.4 Å². The van der Waals surface area contributed by atoms with Gasteiger partial charge >= 0.3 is 0 Å². The van der Waals surface area contributed by atoms with E-state index in [1.165, 1.54) is 16.4 Å². The van der Waals surface area contributed by atoms with Crippen LogP contribution in [0.3, 0.4) is 0 Å². The molecular formula is C22H22N2O4S2. The second kappa shape index (κ2) is 8.59. The second-order valence-electron chi connectivity index (χ2n) is 7.16. The molecule has 156 valence electrons. The van der Waals surface area contributed by atoms with Crippen molar-refractivity contribution in [3.05, 3.63) is 76.5 Å². The predicted molar refractivity (Wildman–Crippen MR) is 117 cm³/mol. The number of ether oxygens (including phenoxy) is 1. The second-order valence-corrected chi connectivity index (χ2v) is 10.1. The molecule has 0 saturated carbocycles. The first-order valence-electron chi connectivity index (χ1n) is 9.58. The number of carbonyl (C=O) groups is 1. The fourth-order valence-electron chi connectivity index (χ4n) is 3.42. The predicted octanol–water partition coefficient (Wildman–Crippen LogP) is 3.90. The van der Waals surface area contributed by atoms with Gasteiger partial charge in [-0.15, -0.1) is 11.3 Å². The normalized spacial score (nSPS) is 14.7. The highest BCUT2D eigenvalue weighted by atomic mass is 32.2.